The first-order chi connectivity index (χ1) is 17.4. The molecular formula is C27H31ClN4O4. The van der Waals surface area contributed by atoms with E-state index in [1.165, 1.54) is 6.33 Å². The summed E-state index contributed by atoms with van der Waals surface area (Å²) in [5, 5.41) is 22.3. The van der Waals surface area contributed by atoms with Gasteiger partial charge in [0.25, 0.3) is 0 Å². The minimum absolute atomic E-state index is 0.00383. The molecule has 4 aromatic rings. The highest BCUT2D eigenvalue weighted by molar-refractivity contribution is 6.32. The van der Waals surface area contributed by atoms with Crippen LogP contribution in [0.5, 0.6) is 11.5 Å². The second kappa shape index (κ2) is 11.7. The molecule has 0 saturated carbocycles. The topological polar surface area (TPSA) is 102 Å². The summed E-state index contributed by atoms with van der Waals surface area (Å²) in [6.07, 6.45) is 4.19. The molecule has 4 rings (SSSR count). The van der Waals surface area contributed by atoms with Crippen molar-refractivity contribution in [2.24, 2.45) is 5.41 Å². The number of nitrogens with zero attached hydrogens (tertiary/aromatic N) is 3. The average molecular weight is 511 g/mol. The van der Waals surface area contributed by atoms with E-state index in [4.69, 9.17) is 26.2 Å². The Labute approximate surface area is 215 Å². The molecule has 0 unspecified atom stereocenters. The first-order valence-corrected chi connectivity index (χ1v) is 12.2. The molecular weight excluding hydrogens is 480 g/mol. The lowest BCUT2D eigenvalue weighted by Gasteiger charge is -2.21. The van der Waals surface area contributed by atoms with Crippen LogP contribution in [-0.4, -0.2) is 51.2 Å². The van der Waals surface area contributed by atoms with Gasteiger partial charge in [0.2, 0.25) is 0 Å². The zero-order chi connectivity index (χ0) is 25.5. The van der Waals surface area contributed by atoms with Gasteiger partial charge in [0.05, 0.1) is 30.4 Å². The first-order valence-electron chi connectivity index (χ1n) is 11.8. The van der Waals surface area contributed by atoms with Gasteiger partial charge in [-0.2, -0.15) is 0 Å². The number of aliphatic hydroxyl groups excluding tert-OH is 2. The number of benzene rings is 2. The number of anilines is 2. The minimum atomic E-state index is -0.206. The number of hydrogen-bond acceptors (Lipinski definition) is 7. The van der Waals surface area contributed by atoms with Crippen molar-refractivity contribution in [2.75, 3.05) is 31.7 Å². The van der Waals surface area contributed by atoms with E-state index in [-0.39, 0.29) is 18.6 Å². The summed E-state index contributed by atoms with van der Waals surface area (Å²) >= 11 is 6.57. The van der Waals surface area contributed by atoms with Gasteiger partial charge in [-0.15, -0.1) is 0 Å². The molecule has 2 aromatic heterocycles. The van der Waals surface area contributed by atoms with Gasteiger partial charge in [-0.05, 0) is 53.8 Å². The van der Waals surface area contributed by atoms with Gasteiger partial charge in [-0.1, -0.05) is 37.6 Å². The molecule has 0 bridgehead atoms. The standard InChI is InChI=1S/C27H31ClN4O4/c1-27(2,17-34)16-19-4-3-5-21(14-19)36-24-7-6-20(15-22(24)28)31-26-25-23(29-18-30-26)8-9-32(25)10-12-35-13-11-33/h3-9,14-15,18,33-34H,10-13,16-17H2,1-2H3,(H,29,30,31). The first kappa shape index (κ1) is 25.9. The fourth-order valence-electron chi connectivity index (χ4n) is 3.89. The van der Waals surface area contributed by atoms with Crippen molar-refractivity contribution in [3.8, 4) is 11.5 Å². The zero-order valence-corrected chi connectivity index (χ0v) is 21.2. The van der Waals surface area contributed by atoms with Gasteiger partial charge >= 0.3 is 0 Å². The number of aromatic nitrogens is 3. The summed E-state index contributed by atoms with van der Waals surface area (Å²) in [6, 6.07) is 15.2. The number of rotatable bonds is 12. The highest BCUT2D eigenvalue weighted by atomic mass is 35.5. The molecule has 0 spiro atoms. The summed E-state index contributed by atoms with van der Waals surface area (Å²) in [7, 11) is 0. The van der Waals surface area contributed by atoms with Crippen LogP contribution in [-0.2, 0) is 17.7 Å². The predicted molar refractivity (Wildman–Crippen MR) is 141 cm³/mol. The molecule has 8 nitrogen and oxygen atoms in total. The van der Waals surface area contributed by atoms with Crippen LogP contribution < -0.4 is 10.1 Å². The number of nitrogens with one attached hydrogen (secondary N) is 1. The molecule has 0 fully saturated rings. The normalized spacial score (nSPS) is 11.7. The molecule has 2 aromatic carbocycles. The van der Waals surface area contributed by atoms with Gasteiger partial charge in [0.1, 0.15) is 23.3 Å². The van der Waals surface area contributed by atoms with Crippen LogP contribution in [0.1, 0.15) is 19.4 Å². The molecule has 0 aliphatic rings. The van der Waals surface area contributed by atoms with Crippen LogP contribution in [0.3, 0.4) is 0 Å². The second-order valence-corrected chi connectivity index (χ2v) is 9.73. The van der Waals surface area contributed by atoms with E-state index in [0.717, 1.165) is 28.7 Å². The van der Waals surface area contributed by atoms with Crippen LogP contribution in [0.4, 0.5) is 11.5 Å². The van der Waals surface area contributed by atoms with E-state index in [0.29, 0.717) is 42.1 Å². The number of hydrogen-bond donors (Lipinski definition) is 3. The molecule has 0 saturated heterocycles. The summed E-state index contributed by atoms with van der Waals surface area (Å²) in [5.41, 5.74) is 3.30. The van der Waals surface area contributed by atoms with Crippen molar-refractivity contribution >= 4 is 34.1 Å². The van der Waals surface area contributed by atoms with E-state index >= 15 is 0 Å². The Balaban J connectivity index is 1.49. The van der Waals surface area contributed by atoms with Crippen LogP contribution in [0.2, 0.25) is 5.02 Å². The third-order valence-electron chi connectivity index (χ3n) is 5.69. The van der Waals surface area contributed by atoms with Crippen molar-refractivity contribution in [1.29, 1.82) is 0 Å². The lowest BCUT2D eigenvalue weighted by molar-refractivity contribution is 0.0875. The Bertz CT molecular complexity index is 1310. The van der Waals surface area contributed by atoms with Gasteiger partial charge in [-0.3, -0.25) is 0 Å². The number of ether oxygens (including phenoxy) is 2. The van der Waals surface area contributed by atoms with Crippen LogP contribution in [0.25, 0.3) is 11.0 Å². The molecule has 0 radical (unpaired) electrons. The molecule has 190 valence electrons. The monoisotopic (exact) mass is 510 g/mol. The average Bonchev–Trinajstić information content (AvgIpc) is 3.28. The third kappa shape index (κ3) is 6.53. The molecule has 0 aliphatic carbocycles. The SMILES string of the molecule is CC(C)(CO)Cc1cccc(Oc2ccc(Nc3ncnc4ccn(CCOCCO)c34)cc2Cl)c1. The third-order valence-corrected chi connectivity index (χ3v) is 5.99. The maximum atomic E-state index is 9.57. The van der Waals surface area contributed by atoms with Crippen molar-refractivity contribution in [1.82, 2.24) is 14.5 Å². The van der Waals surface area contributed by atoms with Crippen molar-refractivity contribution in [3.05, 3.63) is 71.6 Å². The van der Waals surface area contributed by atoms with Crippen molar-refractivity contribution < 1.29 is 19.7 Å². The smallest absolute Gasteiger partial charge is 0.158 e. The van der Waals surface area contributed by atoms with E-state index < -0.39 is 0 Å². The molecule has 36 heavy (non-hydrogen) atoms. The second-order valence-electron chi connectivity index (χ2n) is 9.32. The van der Waals surface area contributed by atoms with Crippen LogP contribution in [0.15, 0.2) is 61.1 Å². The largest absolute Gasteiger partial charge is 0.456 e. The van der Waals surface area contributed by atoms with E-state index in [9.17, 15) is 5.11 Å². The van der Waals surface area contributed by atoms with Crippen LogP contribution >= 0.6 is 11.6 Å². The van der Waals surface area contributed by atoms with Crippen molar-refractivity contribution in [2.45, 2.75) is 26.8 Å². The highest BCUT2D eigenvalue weighted by Gasteiger charge is 2.17. The lowest BCUT2D eigenvalue weighted by Crippen LogP contribution is -2.19. The van der Waals surface area contributed by atoms with E-state index in [1.54, 1.807) is 6.07 Å². The Morgan fingerprint density at radius 1 is 1.06 bits per heavy atom. The molecule has 3 N–H and O–H groups in total. The maximum Gasteiger partial charge on any atom is 0.158 e. The summed E-state index contributed by atoms with van der Waals surface area (Å²) in [5.74, 6) is 1.87. The highest BCUT2D eigenvalue weighted by Crippen LogP contribution is 2.34. The van der Waals surface area contributed by atoms with Gasteiger partial charge in [0, 0.05) is 25.0 Å². The molecule has 0 amide bonds. The molecule has 0 atom stereocenters. The molecule has 2 heterocycles. The fraction of sp³-hybridized carbons (Fsp3) is 0.333. The summed E-state index contributed by atoms with van der Waals surface area (Å²) < 4.78 is 13.5. The summed E-state index contributed by atoms with van der Waals surface area (Å²) in [6.45, 7) is 5.53. The van der Waals surface area contributed by atoms with Crippen molar-refractivity contribution in [3.63, 3.8) is 0 Å². The molecule has 0 aliphatic heterocycles. The van der Waals surface area contributed by atoms with E-state index in [2.05, 4.69) is 15.3 Å². The Hall–Kier alpha value is -3.17. The Morgan fingerprint density at radius 2 is 1.92 bits per heavy atom. The minimum Gasteiger partial charge on any atom is -0.456 e. The van der Waals surface area contributed by atoms with Gasteiger partial charge < -0.3 is 29.6 Å². The maximum absolute atomic E-state index is 9.57. The number of halogens is 1. The number of aliphatic hydroxyl groups is 2. The lowest BCUT2D eigenvalue weighted by atomic mass is 9.87. The quantitative estimate of drug-likeness (QED) is 0.225. The van der Waals surface area contributed by atoms with Crippen LogP contribution in [0, 0.1) is 5.41 Å². The predicted octanol–water partition coefficient (Wildman–Crippen LogP) is 5.19. The summed E-state index contributed by atoms with van der Waals surface area (Å²) in [4.78, 5) is 8.78. The molecule has 9 heteroatoms. The zero-order valence-electron chi connectivity index (χ0n) is 20.4. The van der Waals surface area contributed by atoms with Gasteiger partial charge in [-0.25, -0.2) is 9.97 Å². The fourth-order valence-corrected chi connectivity index (χ4v) is 4.11. The Kier molecular flexibility index (Phi) is 8.43. The van der Waals surface area contributed by atoms with E-state index in [1.807, 2.05) is 67.1 Å². The van der Waals surface area contributed by atoms with Gasteiger partial charge in [0.15, 0.2) is 5.82 Å². The Morgan fingerprint density at radius 3 is 2.69 bits per heavy atom. The number of fused-ring (bicyclic) bond motifs is 1.